The van der Waals surface area contributed by atoms with Crippen LogP contribution in [0.2, 0.25) is 0 Å². The molecule has 2 aliphatic heterocycles. The predicted molar refractivity (Wildman–Crippen MR) is 137 cm³/mol. The van der Waals surface area contributed by atoms with Crippen LogP contribution in [0, 0.1) is 17.2 Å². The van der Waals surface area contributed by atoms with Gasteiger partial charge in [-0.05, 0) is 69.0 Å². The first-order chi connectivity index (χ1) is 18.4. The highest BCUT2D eigenvalue weighted by atomic mass is 19.1. The lowest BCUT2D eigenvalue weighted by Crippen LogP contribution is -2.61. The maximum atomic E-state index is 15.1. The maximum absolute atomic E-state index is 15.1. The van der Waals surface area contributed by atoms with E-state index in [1.165, 1.54) is 36.4 Å². The van der Waals surface area contributed by atoms with E-state index in [4.69, 9.17) is 9.47 Å². The highest BCUT2D eigenvalue weighted by Gasteiger charge is 2.57. The summed E-state index contributed by atoms with van der Waals surface area (Å²) >= 11 is 0. The summed E-state index contributed by atoms with van der Waals surface area (Å²) in [6.07, 6.45) is 2.07. The Labute approximate surface area is 224 Å². The van der Waals surface area contributed by atoms with Crippen LogP contribution in [-0.4, -0.2) is 57.7 Å². The Morgan fingerprint density at radius 1 is 1.18 bits per heavy atom. The van der Waals surface area contributed by atoms with Crippen molar-refractivity contribution in [3.05, 3.63) is 65.4 Å². The van der Waals surface area contributed by atoms with Crippen molar-refractivity contribution >= 4 is 35.0 Å². The van der Waals surface area contributed by atoms with Gasteiger partial charge in [-0.15, -0.1) is 0 Å². The van der Waals surface area contributed by atoms with Crippen LogP contribution in [0.15, 0.2) is 48.4 Å². The number of benzene rings is 1. The zero-order chi connectivity index (χ0) is 28.5. The van der Waals surface area contributed by atoms with E-state index in [2.05, 4.69) is 10.3 Å². The summed E-state index contributed by atoms with van der Waals surface area (Å²) in [7, 11) is 0. The number of halogens is 1. The molecule has 2 N–H and O–H groups in total. The third-order valence-corrected chi connectivity index (χ3v) is 6.63. The summed E-state index contributed by atoms with van der Waals surface area (Å²) in [6, 6.07) is 6.93. The lowest BCUT2D eigenvalue weighted by Gasteiger charge is -2.44. The minimum atomic E-state index is -0.943. The van der Waals surface area contributed by atoms with E-state index in [1.54, 1.807) is 39.0 Å². The number of aliphatic hydroxyl groups is 1. The van der Waals surface area contributed by atoms with Crippen molar-refractivity contribution in [2.24, 2.45) is 11.3 Å². The van der Waals surface area contributed by atoms with Gasteiger partial charge in [0.1, 0.15) is 11.5 Å². The van der Waals surface area contributed by atoms with Gasteiger partial charge >= 0.3 is 11.9 Å². The molecule has 0 unspecified atom stereocenters. The Kier molecular flexibility index (Phi) is 7.82. The van der Waals surface area contributed by atoms with Gasteiger partial charge in [-0.25, -0.2) is 9.18 Å². The topological polar surface area (TPSA) is 135 Å². The van der Waals surface area contributed by atoms with Crippen LogP contribution in [0.3, 0.4) is 0 Å². The number of carbonyl (C=O) groups excluding carboxylic acids is 4. The molecular formula is C28H30FN3O7. The highest BCUT2D eigenvalue weighted by Crippen LogP contribution is 2.47. The number of esters is 2. The van der Waals surface area contributed by atoms with Crippen molar-refractivity contribution in [2.45, 2.75) is 52.7 Å². The third kappa shape index (κ3) is 5.83. The number of ether oxygens (including phenoxy) is 2. The maximum Gasteiger partial charge on any atom is 0.358 e. The minimum Gasteiger partial charge on any atom is -0.427 e. The molecule has 0 spiro atoms. The van der Waals surface area contributed by atoms with E-state index in [1.807, 2.05) is 0 Å². The van der Waals surface area contributed by atoms with Crippen LogP contribution >= 0.6 is 0 Å². The van der Waals surface area contributed by atoms with Gasteiger partial charge < -0.3 is 24.8 Å². The summed E-state index contributed by atoms with van der Waals surface area (Å²) < 4.78 is 25.3. The van der Waals surface area contributed by atoms with Crippen LogP contribution in [0.4, 0.5) is 10.1 Å². The average Bonchev–Trinajstić information content (AvgIpc) is 3.20. The second-order valence-electron chi connectivity index (χ2n) is 10.6. The smallest absolute Gasteiger partial charge is 0.358 e. The van der Waals surface area contributed by atoms with Gasteiger partial charge in [-0.1, -0.05) is 12.1 Å². The normalized spacial score (nSPS) is 19.2. The molecule has 0 radical (unpaired) electrons. The predicted octanol–water partition coefficient (Wildman–Crippen LogP) is 2.81. The molecule has 4 rings (SSSR count). The average molecular weight is 540 g/mol. The molecule has 1 aromatic heterocycles. The Morgan fingerprint density at radius 2 is 1.87 bits per heavy atom. The SMILES string of the molecule is C[C@@H](O)[C@H]1C(=O)N2C(C(=O)OCOC(=O)C(C)(C)C)=C(c3ccc(CC(=O)Nc4ccncc4)c(F)c3)C[C@H]12. The number of aliphatic hydroxyl groups excluding tert-OH is 1. The number of fused-ring (bicyclic) bond motifs is 1. The van der Waals surface area contributed by atoms with Crippen molar-refractivity contribution < 1.29 is 38.1 Å². The lowest BCUT2D eigenvalue weighted by atomic mass is 9.82. The fourth-order valence-electron chi connectivity index (χ4n) is 4.63. The number of β-lactam (4-membered cyclic amide) rings is 1. The fourth-order valence-corrected chi connectivity index (χ4v) is 4.63. The molecule has 206 valence electrons. The summed E-state index contributed by atoms with van der Waals surface area (Å²) in [5, 5.41) is 12.7. The number of aromatic nitrogens is 1. The van der Waals surface area contributed by atoms with Gasteiger partial charge in [-0.3, -0.25) is 19.4 Å². The van der Waals surface area contributed by atoms with E-state index >= 15 is 4.39 Å². The van der Waals surface area contributed by atoms with Crippen molar-refractivity contribution in [2.75, 3.05) is 12.1 Å². The molecule has 2 aromatic rings. The molecule has 2 aliphatic rings. The zero-order valence-electron chi connectivity index (χ0n) is 22.1. The molecule has 3 heterocycles. The number of hydrogen-bond donors (Lipinski definition) is 2. The second-order valence-corrected chi connectivity index (χ2v) is 10.6. The standard InChI is InChI=1S/C28H30FN3O7/c1-15(33)23-21-13-19(24(32(21)25(23)35)26(36)38-14-39-27(37)28(2,3)4)16-5-6-17(20(29)11-16)12-22(34)31-18-7-9-30-10-8-18/h5-11,15,21,23,33H,12-14H2,1-4H3,(H,30,31,34)/t15-,21-,23-/m1/s1. The monoisotopic (exact) mass is 539 g/mol. The molecule has 1 saturated heterocycles. The van der Waals surface area contributed by atoms with Crippen molar-refractivity contribution in [3.63, 3.8) is 0 Å². The van der Waals surface area contributed by atoms with Crippen LogP contribution in [0.5, 0.6) is 0 Å². The summed E-state index contributed by atoms with van der Waals surface area (Å²) in [5.74, 6) is -3.74. The first kappa shape index (κ1) is 27.9. The van der Waals surface area contributed by atoms with Gasteiger partial charge in [-0.2, -0.15) is 0 Å². The lowest BCUT2D eigenvalue weighted by molar-refractivity contribution is -0.175. The van der Waals surface area contributed by atoms with Gasteiger partial charge in [0.2, 0.25) is 18.6 Å². The number of amides is 2. The summed E-state index contributed by atoms with van der Waals surface area (Å²) in [5.41, 5.74) is 0.467. The van der Waals surface area contributed by atoms with Gasteiger partial charge in [0, 0.05) is 18.1 Å². The number of carbonyl (C=O) groups is 4. The van der Waals surface area contributed by atoms with Gasteiger partial charge in [0.15, 0.2) is 0 Å². The van der Waals surface area contributed by atoms with Crippen molar-refractivity contribution in [1.29, 1.82) is 0 Å². The molecule has 11 heteroatoms. The Hall–Kier alpha value is -4.12. The first-order valence-electron chi connectivity index (χ1n) is 12.5. The Morgan fingerprint density at radius 3 is 2.49 bits per heavy atom. The van der Waals surface area contributed by atoms with E-state index in [-0.39, 0.29) is 24.1 Å². The number of anilines is 1. The van der Waals surface area contributed by atoms with Gasteiger partial charge in [0.05, 0.1) is 29.9 Å². The fraction of sp³-hybridized carbons (Fsp3) is 0.393. The molecule has 0 saturated carbocycles. The molecule has 39 heavy (non-hydrogen) atoms. The van der Waals surface area contributed by atoms with Crippen molar-refractivity contribution in [3.8, 4) is 0 Å². The Bertz CT molecular complexity index is 1330. The van der Waals surface area contributed by atoms with E-state index < -0.39 is 59.8 Å². The van der Waals surface area contributed by atoms with Crippen LogP contribution < -0.4 is 5.32 Å². The summed E-state index contributed by atoms with van der Waals surface area (Å²) in [6.45, 7) is 5.78. The third-order valence-electron chi connectivity index (χ3n) is 6.63. The molecule has 1 aromatic carbocycles. The van der Waals surface area contributed by atoms with Crippen LogP contribution in [0.25, 0.3) is 5.57 Å². The van der Waals surface area contributed by atoms with Crippen LogP contribution in [0.1, 0.15) is 45.2 Å². The first-order valence-corrected chi connectivity index (χ1v) is 12.5. The number of nitrogens with one attached hydrogen (secondary N) is 1. The number of nitrogens with zero attached hydrogens (tertiary/aromatic N) is 2. The largest absolute Gasteiger partial charge is 0.427 e. The highest BCUT2D eigenvalue weighted by molar-refractivity contribution is 6.06. The number of hydrogen-bond acceptors (Lipinski definition) is 8. The molecule has 0 bridgehead atoms. The van der Waals surface area contributed by atoms with Gasteiger partial charge in [0.25, 0.3) is 0 Å². The zero-order valence-corrected chi connectivity index (χ0v) is 22.1. The number of pyridine rings is 1. The number of rotatable bonds is 8. The van der Waals surface area contributed by atoms with E-state index in [0.717, 1.165) is 0 Å². The molecule has 2 amide bonds. The second kappa shape index (κ2) is 10.9. The van der Waals surface area contributed by atoms with E-state index in [9.17, 15) is 24.3 Å². The quantitative estimate of drug-likeness (QED) is 0.297. The molecular weight excluding hydrogens is 509 g/mol. The van der Waals surface area contributed by atoms with E-state index in [0.29, 0.717) is 16.8 Å². The summed E-state index contributed by atoms with van der Waals surface area (Å²) in [4.78, 5) is 55.4. The Balaban J connectivity index is 1.55. The molecule has 10 nitrogen and oxygen atoms in total. The molecule has 0 aliphatic carbocycles. The van der Waals surface area contributed by atoms with Crippen LogP contribution in [-0.2, 0) is 35.1 Å². The molecule has 3 atom stereocenters. The van der Waals surface area contributed by atoms with Crippen molar-refractivity contribution in [1.82, 2.24) is 9.88 Å². The molecule has 1 fully saturated rings. The minimum absolute atomic E-state index is 0.0868.